The maximum atomic E-state index is 13.5. The van der Waals surface area contributed by atoms with Crippen LogP contribution >= 0.6 is 0 Å². The summed E-state index contributed by atoms with van der Waals surface area (Å²) in [5.41, 5.74) is 4.43. The average Bonchev–Trinajstić information content (AvgIpc) is 2.83. The minimum Gasteiger partial charge on any atom is -0.489 e. The molecule has 5 heteroatoms. The van der Waals surface area contributed by atoms with E-state index < -0.39 is 0 Å². The molecular formula is C30H44N2O3. The van der Waals surface area contributed by atoms with Crippen LogP contribution in [-0.4, -0.2) is 24.3 Å². The number of pyridine rings is 1. The van der Waals surface area contributed by atoms with Gasteiger partial charge in [-0.05, 0) is 64.7 Å². The Labute approximate surface area is 211 Å². The minimum absolute atomic E-state index is 0.147. The van der Waals surface area contributed by atoms with Crippen LogP contribution in [0.2, 0.25) is 0 Å². The van der Waals surface area contributed by atoms with Gasteiger partial charge in [-0.15, -0.1) is 0 Å². The molecule has 0 aliphatic rings. The van der Waals surface area contributed by atoms with Gasteiger partial charge in [-0.2, -0.15) is 0 Å². The Kier molecular flexibility index (Phi) is 12.2. The second-order valence-corrected chi connectivity index (χ2v) is 9.25. The summed E-state index contributed by atoms with van der Waals surface area (Å²) >= 11 is 0. The largest absolute Gasteiger partial charge is 0.489 e. The fourth-order valence-electron chi connectivity index (χ4n) is 3.81. The lowest BCUT2D eigenvalue weighted by molar-refractivity contribution is 0.278. The molecule has 0 saturated heterocycles. The number of aromatic nitrogens is 1. The first-order valence-corrected chi connectivity index (χ1v) is 13.0. The molecule has 2 rings (SSSR count). The first-order valence-electron chi connectivity index (χ1n) is 13.0. The molecule has 0 spiro atoms. The van der Waals surface area contributed by atoms with Gasteiger partial charge in [0.25, 0.3) is 5.56 Å². The highest BCUT2D eigenvalue weighted by Gasteiger charge is 2.20. The standard InChI is InChI=1S/C30H44N2O3/c1-7-10-19-32-27-22-25(31-18-17-24(6)14-12-13-23(4)5)15-16-26(27)28(35-21-11-8-2)29(30(32)33)34-20-9-3/h9,13,15-17,22,31H,3,7-8,10-12,14,18-21H2,1-2,4-6H3. The first kappa shape index (κ1) is 28.3. The average molecular weight is 481 g/mol. The van der Waals surface area contributed by atoms with Crippen molar-refractivity contribution in [3.63, 3.8) is 0 Å². The van der Waals surface area contributed by atoms with Gasteiger partial charge in [0.1, 0.15) is 6.61 Å². The molecule has 192 valence electrons. The molecule has 0 aliphatic heterocycles. The van der Waals surface area contributed by atoms with Crippen molar-refractivity contribution in [1.82, 2.24) is 4.57 Å². The Morgan fingerprint density at radius 1 is 1.06 bits per heavy atom. The SMILES string of the molecule is C=CCOc1c(OCCCC)c2ccc(NCC=C(C)CCC=C(C)C)cc2n(CCCC)c1=O. The molecule has 5 nitrogen and oxygen atoms in total. The van der Waals surface area contributed by atoms with Gasteiger partial charge in [0.05, 0.1) is 12.1 Å². The summed E-state index contributed by atoms with van der Waals surface area (Å²) in [7, 11) is 0. The number of nitrogens with one attached hydrogen (secondary N) is 1. The summed E-state index contributed by atoms with van der Waals surface area (Å²) in [4.78, 5) is 13.5. The number of benzene rings is 1. The third-order valence-electron chi connectivity index (χ3n) is 5.85. The van der Waals surface area contributed by atoms with Crippen molar-refractivity contribution in [2.45, 2.75) is 79.7 Å². The van der Waals surface area contributed by atoms with Crippen LogP contribution in [0.4, 0.5) is 5.69 Å². The molecular weight excluding hydrogens is 436 g/mol. The van der Waals surface area contributed by atoms with E-state index in [0.29, 0.717) is 18.9 Å². The normalized spacial score (nSPS) is 11.4. The predicted molar refractivity (Wildman–Crippen MR) is 150 cm³/mol. The maximum Gasteiger partial charge on any atom is 0.297 e. The van der Waals surface area contributed by atoms with E-state index in [1.165, 1.54) is 11.1 Å². The number of hydrogen-bond donors (Lipinski definition) is 1. The van der Waals surface area contributed by atoms with E-state index in [-0.39, 0.29) is 17.9 Å². The van der Waals surface area contributed by atoms with Crippen molar-refractivity contribution < 1.29 is 9.47 Å². The second-order valence-electron chi connectivity index (χ2n) is 9.25. The number of fused-ring (bicyclic) bond motifs is 1. The van der Waals surface area contributed by atoms with Crippen LogP contribution in [0.3, 0.4) is 0 Å². The van der Waals surface area contributed by atoms with Crippen molar-refractivity contribution >= 4 is 16.6 Å². The van der Waals surface area contributed by atoms with Crippen molar-refractivity contribution in [1.29, 1.82) is 0 Å². The number of allylic oxidation sites excluding steroid dienone is 3. The van der Waals surface area contributed by atoms with Crippen LogP contribution in [0.25, 0.3) is 10.9 Å². The van der Waals surface area contributed by atoms with Crippen LogP contribution < -0.4 is 20.3 Å². The molecule has 1 N–H and O–H groups in total. The van der Waals surface area contributed by atoms with Gasteiger partial charge >= 0.3 is 0 Å². The van der Waals surface area contributed by atoms with E-state index in [1.54, 1.807) is 6.08 Å². The lowest BCUT2D eigenvalue weighted by Gasteiger charge is -2.19. The van der Waals surface area contributed by atoms with Crippen molar-refractivity contribution in [3.05, 3.63) is 64.5 Å². The van der Waals surface area contributed by atoms with Gasteiger partial charge < -0.3 is 19.4 Å². The van der Waals surface area contributed by atoms with Crippen LogP contribution in [-0.2, 0) is 6.54 Å². The molecule has 0 unspecified atom stereocenters. The summed E-state index contributed by atoms with van der Waals surface area (Å²) in [6.07, 6.45) is 12.1. The quantitative estimate of drug-likeness (QED) is 0.198. The molecule has 1 aromatic carbocycles. The predicted octanol–water partition coefficient (Wildman–Crippen LogP) is 7.65. The third kappa shape index (κ3) is 8.65. The van der Waals surface area contributed by atoms with E-state index in [9.17, 15) is 4.79 Å². The smallest absolute Gasteiger partial charge is 0.297 e. The van der Waals surface area contributed by atoms with Gasteiger partial charge in [0.15, 0.2) is 5.75 Å². The fourth-order valence-corrected chi connectivity index (χ4v) is 3.81. The Bertz CT molecular complexity index is 1080. The highest BCUT2D eigenvalue weighted by atomic mass is 16.5. The number of unbranched alkanes of at least 4 members (excludes halogenated alkanes) is 2. The first-order chi connectivity index (χ1) is 16.9. The molecule has 0 fully saturated rings. The van der Waals surface area contributed by atoms with E-state index >= 15 is 0 Å². The Balaban J connectivity index is 2.41. The van der Waals surface area contributed by atoms with Gasteiger partial charge in [-0.25, -0.2) is 0 Å². The number of nitrogens with zero attached hydrogens (tertiary/aromatic N) is 1. The molecule has 0 saturated carbocycles. The summed E-state index contributed by atoms with van der Waals surface area (Å²) < 4.78 is 13.8. The second kappa shape index (κ2) is 15.1. The minimum atomic E-state index is -0.147. The number of ether oxygens (including phenoxy) is 2. The molecule has 0 bridgehead atoms. The number of rotatable bonds is 16. The molecule has 35 heavy (non-hydrogen) atoms. The molecule has 0 radical (unpaired) electrons. The van der Waals surface area contributed by atoms with E-state index in [2.05, 4.69) is 64.7 Å². The van der Waals surface area contributed by atoms with E-state index in [0.717, 1.165) is 61.7 Å². The number of anilines is 1. The van der Waals surface area contributed by atoms with Gasteiger partial charge in [-0.1, -0.05) is 62.6 Å². The van der Waals surface area contributed by atoms with Gasteiger partial charge in [0.2, 0.25) is 5.75 Å². The molecule has 1 aromatic heterocycles. The lowest BCUT2D eigenvalue weighted by atomic mass is 10.1. The van der Waals surface area contributed by atoms with Crippen LogP contribution in [0.1, 0.15) is 73.1 Å². The Morgan fingerprint density at radius 3 is 2.51 bits per heavy atom. The molecule has 0 amide bonds. The molecule has 2 aromatic rings. The van der Waals surface area contributed by atoms with Crippen LogP contribution in [0.5, 0.6) is 11.5 Å². The molecule has 0 aliphatic carbocycles. The van der Waals surface area contributed by atoms with Gasteiger partial charge in [0, 0.05) is 24.2 Å². The van der Waals surface area contributed by atoms with E-state index in [4.69, 9.17) is 9.47 Å². The Morgan fingerprint density at radius 2 is 1.83 bits per heavy atom. The van der Waals surface area contributed by atoms with Crippen molar-refractivity contribution in [2.75, 3.05) is 25.1 Å². The molecule has 0 atom stereocenters. The van der Waals surface area contributed by atoms with Crippen molar-refractivity contribution in [3.8, 4) is 11.5 Å². The van der Waals surface area contributed by atoms with Crippen molar-refractivity contribution in [2.24, 2.45) is 0 Å². The highest BCUT2D eigenvalue weighted by Crippen LogP contribution is 2.34. The zero-order chi connectivity index (χ0) is 25.6. The van der Waals surface area contributed by atoms with Crippen LogP contribution in [0, 0.1) is 0 Å². The summed E-state index contributed by atoms with van der Waals surface area (Å²) in [6.45, 7) is 16.6. The zero-order valence-corrected chi connectivity index (χ0v) is 22.4. The lowest BCUT2D eigenvalue weighted by Crippen LogP contribution is -2.24. The maximum absolute atomic E-state index is 13.5. The number of aryl methyl sites for hydroxylation is 1. The molecule has 1 heterocycles. The summed E-state index contributed by atoms with van der Waals surface area (Å²) in [6, 6.07) is 6.14. The van der Waals surface area contributed by atoms with E-state index in [1.807, 2.05) is 16.7 Å². The van der Waals surface area contributed by atoms with Gasteiger partial charge in [-0.3, -0.25) is 4.79 Å². The number of hydrogen-bond acceptors (Lipinski definition) is 4. The monoisotopic (exact) mass is 480 g/mol. The fraction of sp³-hybridized carbons (Fsp3) is 0.500. The zero-order valence-electron chi connectivity index (χ0n) is 22.4. The topological polar surface area (TPSA) is 52.5 Å². The highest BCUT2D eigenvalue weighted by molar-refractivity contribution is 5.90. The van der Waals surface area contributed by atoms with Crippen LogP contribution in [0.15, 0.2) is 58.9 Å². The third-order valence-corrected chi connectivity index (χ3v) is 5.85. The summed E-state index contributed by atoms with van der Waals surface area (Å²) in [5.74, 6) is 0.815. The Hall–Kier alpha value is -2.95. The summed E-state index contributed by atoms with van der Waals surface area (Å²) in [5, 5.41) is 4.40.